The van der Waals surface area contributed by atoms with E-state index in [0.29, 0.717) is 6.26 Å². The van der Waals surface area contributed by atoms with E-state index in [-0.39, 0.29) is 30.1 Å². The van der Waals surface area contributed by atoms with Crippen molar-refractivity contribution in [3.05, 3.63) is 321 Å². The molecule has 6 aromatic carbocycles. The number of rotatable bonds is 6. The van der Waals surface area contributed by atoms with Gasteiger partial charge in [0.1, 0.15) is 5.60 Å². The molecular formula is C76H67BrCl3LiO6S7. The van der Waals surface area contributed by atoms with Gasteiger partial charge in [0, 0.05) is 49.7 Å². The second-order valence-electron chi connectivity index (χ2n) is 22.0. The Morgan fingerprint density at radius 3 is 1.27 bits per heavy atom. The second kappa shape index (κ2) is 34.5. The molecule has 0 atom stereocenters. The van der Waals surface area contributed by atoms with Crippen molar-refractivity contribution in [1.82, 2.24) is 0 Å². The minimum Gasteiger partial charge on any atom is -0.381 e. The van der Waals surface area contributed by atoms with Crippen LogP contribution in [0.2, 0.25) is 0 Å². The maximum atomic E-state index is 11.9. The molecule has 1 saturated heterocycles. The van der Waals surface area contributed by atoms with Crippen LogP contribution in [0.3, 0.4) is 0 Å². The van der Waals surface area contributed by atoms with Crippen molar-refractivity contribution in [2.24, 2.45) is 0 Å². The van der Waals surface area contributed by atoms with Gasteiger partial charge in [-0.15, -0.1) is 68.0 Å². The number of hydrogen-bond acceptors (Lipinski definition) is 11. The number of benzene rings is 6. The number of aliphatic hydroxyl groups is 1. The van der Waals surface area contributed by atoms with E-state index in [1.54, 1.807) is 45.3 Å². The van der Waals surface area contributed by atoms with Crippen LogP contribution in [0.1, 0.15) is 121 Å². The number of ether oxygens (including phenoxy) is 1. The molecular weight excluding hydrogens is 1430 g/mol. The molecule has 5 aliphatic rings. The van der Waals surface area contributed by atoms with Crippen molar-refractivity contribution < 1.29 is 46.5 Å². The number of hydrogen-bond donors (Lipinski definition) is 2. The van der Waals surface area contributed by atoms with E-state index in [9.17, 15) is 18.3 Å². The topological polar surface area (TPSA) is 101 Å². The minimum absolute atomic E-state index is 0. The SMILES string of the molecule is Brc1ccccc1Cc1ccccc1.C1CCOC1.CS(=O)(=O)O.ClC(Cl)Cl.O=C1c2ccsc2-c2sccc21.OC1(c2ccccc2Cc2ccccc2)c2ccsc2-c2sccc21.[CH2-]CCC.[Li+].c1ccc2c(c1)Cc1ccccc1C21c2ccsc2-c2sccc21. The molecule has 18 heteroatoms. The normalized spacial score (nSPS) is 13.6. The van der Waals surface area contributed by atoms with Gasteiger partial charge in [0.2, 0.25) is 0 Å². The summed E-state index contributed by atoms with van der Waals surface area (Å²) >= 11 is 28.5. The predicted molar refractivity (Wildman–Crippen MR) is 401 cm³/mol. The van der Waals surface area contributed by atoms with Crippen LogP contribution in [-0.2, 0) is 45.1 Å². The Hall–Kier alpha value is -5.03. The molecule has 478 valence electrons. The fourth-order valence-electron chi connectivity index (χ4n) is 12.0. The van der Waals surface area contributed by atoms with Crippen molar-refractivity contribution in [3.8, 4) is 29.3 Å². The van der Waals surface area contributed by atoms with E-state index >= 15 is 0 Å². The molecule has 0 unspecified atom stereocenters. The molecule has 1 spiro atoms. The van der Waals surface area contributed by atoms with Crippen LogP contribution in [0.15, 0.2) is 231 Å². The van der Waals surface area contributed by atoms with Gasteiger partial charge >= 0.3 is 18.9 Å². The van der Waals surface area contributed by atoms with Crippen LogP contribution >= 0.6 is 119 Å². The number of unbranched alkanes of at least 4 members (excludes halogenated alkanes) is 1. The van der Waals surface area contributed by atoms with Gasteiger partial charge in [-0.25, -0.2) is 0 Å². The maximum Gasteiger partial charge on any atom is 1.00 e. The molecule has 1 aliphatic heterocycles. The number of ketones is 1. The van der Waals surface area contributed by atoms with Gasteiger partial charge in [-0.2, -0.15) is 14.8 Å². The first-order valence-corrected chi connectivity index (χ1v) is 39.3. The zero-order valence-corrected chi connectivity index (χ0v) is 61.6. The summed E-state index contributed by atoms with van der Waals surface area (Å²) in [5.41, 5.74) is 17.6. The van der Waals surface area contributed by atoms with E-state index < -0.39 is 20.0 Å². The standard InChI is InChI=1S/C22H16OS2.C22H14S2.C13H11Br.C9H4OS2.C4H8O.C4H9.CHCl3.CH4O3S.Li/c23-22(18-10-12-24-20(18)21-19(22)11-13-25-21)17-9-5-4-8-16(17)14-15-6-2-1-3-7-15;1-3-7-16-14(5-1)13-15-6-2-4-8-17(15)22(16)18-9-11-23-20(18)21-19(22)10-12-24-21;14-13-9-5-4-8-12(13)10-11-6-2-1-3-7-11;10-7-5-1-3-11-8(5)9-6(7)2-4-12-9;1-2-4-5-3-1;1-3-4-2;2-1(3)4;1-5(2,3)4;/h1-13,23H,14H2;1-12H,13H2;1-9H,10H2;1-4H;1-4H2;1,3-4H2,2H3;1H;1H3,(H,2,3,4);/q;;;;;-1;;;+1. The third-order valence-corrected chi connectivity index (χ3v) is 22.7. The molecule has 7 heterocycles. The molecule has 6 aromatic heterocycles. The van der Waals surface area contributed by atoms with Crippen molar-refractivity contribution in [3.63, 3.8) is 0 Å². The number of carbonyl (C=O) groups excluding carboxylic acids is 1. The summed E-state index contributed by atoms with van der Waals surface area (Å²) in [5.74, 6) is 0.197. The van der Waals surface area contributed by atoms with Crippen LogP contribution in [0.25, 0.3) is 29.3 Å². The summed E-state index contributed by atoms with van der Waals surface area (Å²) in [6.45, 7) is 7.72. The van der Waals surface area contributed by atoms with Crippen LogP contribution in [-0.4, -0.2) is 47.6 Å². The molecule has 2 N–H and O–H groups in total. The molecule has 0 saturated carbocycles. The molecule has 0 bridgehead atoms. The van der Waals surface area contributed by atoms with Gasteiger partial charge < -0.3 is 16.8 Å². The number of thiophene rings is 6. The number of halogens is 4. The number of fused-ring (bicyclic) bond motifs is 15. The van der Waals surface area contributed by atoms with Crippen molar-refractivity contribution in [2.75, 3.05) is 19.5 Å². The van der Waals surface area contributed by atoms with E-state index in [2.05, 4.69) is 209 Å². The van der Waals surface area contributed by atoms with Crippen molar-refractivity contribution >= 4 is 135 Å². The predicted octanol–water partition coefficient (Wildman–Crippen LogP) is 19.7. The summed E-state index contributed by atoms with van der Waals surface area (Å²) < 4.78 is 31.2. The third-order valence-electron chi connectivity index (χ3n) is 15.9. The summed E-state index contributed by atoms with van der Waals surface area (Å²) in [7, 11) is -3.67. The van der Waals surface area contributed by atoms with Gasteiger partial charge in [-0.3, -0.25) is 9.35 Å². The van der Waals surface area contributed by atoms with E-state index in [4.69, 9.17) is 44.1 Å². The van der Waals surface area contributed by atoms with Crippen LogP contribution in [0.5, 0.6) is 0 Å². The Morgan fingerprint density at radius 2 is 0.851 bits per heavy atom. The molecule has 12 aromatic rings. The fraction of sp³-hybridized carbons (Fsp3) is 0.184. The Bertz CT molecular complexity index is 4320. The van der Waals surface area contributed by atoms with Gasteiger partial charge in [-0.1, -0.05) is 216 Å². The van der Waals surface area contributed by atoms with Gasteiger partial charge in [0.05, 0.1) is 31.2 Å². The van der Waals surface area contributed by atoms with Crippen LogP contribution in [0.4, 0.5) is 0 Å². The second-order valence-corrected chi connectivity index (χ2v) is 31.8. The van der Waals surface area contributed by atoms with Crippen LogP contribution in [0, 0.1) is 6.92 Å². The third kappa shape index (κ3) is 16.9. The summed E-state index contributed by atoms with van der Waals surface area (Å²) in [5, 5.41) is 24.6. The van der Waals surface area contributed by atoms with Crippen molar-refractivity contribution in [2.45, 2.75) is 67.2 Å². The Labute approximate surface area is 612 Å². The fourth-order valence-corrected chi connectivity index (χ4v) is 18.6. The molecule has 0 amide bonds. The maximum absolute atomic E-state index is 11.9. The molecule has 1 fully saturated rings. The van der Waals surface area contributed by atoms with E-state index in [1.807, 2.05) is 69.8 Å². The van der Waals surface area contributed by atoms with Gasteiger partial charge in [0.15, 0.2) is 10.1 Å². The van der Waals surface area contributed by atoms with E-state index in [0.717, 1.165) is 76.5 Å². The number of alkyl halides is 3. The zero-order chi connectivity index (χ0) is 65.5. The van der Waals surface area contributed by atoms with Crippen LogP contribution < -0.4 is 18.9 Å². The first-order chi connectivity index (χ1) is 45.1. The molecule has 0 radical (unpaired) electrons. The van der Waals surface area contributed by atoms with Gasteiger partial charge in [-0.05, 0) is 168 Å². The quantitative estimate of drug-likeness (QED) is 0.0744. The average molecular weight is 1490 g/mol. The summed E-state index contributed by atoms with van der Waals surface area (Å²) in [6.07, 6.45) is 8.39. The minimum atomic E-state index is -3.67. The molecule has 94 heavy (non-hydrogen) atoms. The Kier molecular flexibility index (Phi) is 26.8. The molecule has 17 rings (SSSR count). The average Bonchev–Trinajstić information content (AvgIpc) is 1.50. The molecule has 6 nitrogen and oxygen atoms in total. The first kappa shape index (κ1) is 73.2. The largest absolute Gasteiger partial charge is 1.00 e. The monoisotopic (exact) mass is 1490 g/mol. The number of carbonyl (C=O) groups is 1. The van der Waals surface area contributed by atoms with Crippen molar-refractivity contribution in [1.29, 1.82) is 0 Å². The summed E-state index contributed by atoms with van der Waals surface area (Å²) in [6, 6.07) is 68.3. The summed E-state index contributed by atoms with van der Waals surface area (Å²) in [4.78, 5) is 19.3. The smallest absolute Gasteiger partial charge is 0.381 e. The Morgan fingerprint density at radius 1 is 0.511 bits per heavy atom. The first-order valence-electron chi connectivity index (χ1n) is 30.1. The van der Waals surface area contributed by atoms with E-state index in [1.165, 1.54) is 98.9 Å². The Balaban J connectivity index is 0.000000139. The zero-order valence-electron chi connectivity index (χ0n) is 52.0. The molecule has 4 aliphatic carbocycles. The van der Waals surface area contributed by atoms with Gasteiger partial charge in [0.25, 0.3) is 10.1 Å².